The lowest BCUT2D eigenvalue weighted by Gasteiger charge is -2.26. The van der Waals surface area contributed by atoms with E-state index in [4.69, 9.17) is 10.5 Å². The molecule has 2 aromatic heterocycles. The van der Waals surface area contributed by atoms with Crippen molar-refractivity contribution in [1.29, 1.82) is 0 Å². The average molecular weight is 476 g/mol. The molecule has 9 heteroatoms. The van der Waals surface area contributed by atoms with E-state index < -0.39 is 17.9 Å². The molecule has 9 nitrogen and oxygen atoms in total. The molecule has 4 rings (SSSR count). The van der Waals surface area contributed by atoms with Gasteiger partial charge in [-0.2, -0.15) is 0 Å². The van der Waals surface area contributed by atoms with Gasteiger partial charge in [0.25, 0.3) is 11.8 Å². The molecule has 1 aliphatic rings. The summed E-state index contributed by atoms with van der Waals surface area (Å²) in [4.78, 5) is 32.4. The van der Waals surface area contributed by atoms with Crippen LogP contribution in [0.15, 0.2) is 42.6 Å². The van der Waals surface area contributed by atoms with E-state index in [-0.39, 0.29) is 5.82 Å². The molecule has 2 amide bonds. The number of aromatic nitrogens is 2. The monoisotopic (exact) mass is 475 g/mol. The normalized spacial score (nSPS) is 14.8. The first-order valence-electron chi connectivity index (χ1n) is 11.5. The van der Waals surface area contributed by atoms with Gasteiger partial charge in [-0.05, 0) is 36.8 Å². The van der Waals surface area contributed by atoms with Gasteiger partial charge in [0, 0.05) is 50.6 Å². The first kappa shape index (κ1) is 24.4. The van der Waals surface area contributed by atoms with Crippen molar-refractivity contribution in [2.75, 3.05) is 39.9 Å². The highest BCUT2D eigenvalue weighted by Gasteiger charge is 2.19. The van der Waals surface area contributed by atoms with E-state index in [0.717, 1.165) is 49.5 Å². The smallest absolute Gasteiger partial charge is 0.285 e. The van der Waals surface area contributed by atoms with Crippen molar-refractivity contribution in [3.63, 3.8) is 0 Å². The second kappa shape index (κ2) is 10.7. The van der Waals surface area contributed by atoms with Gasteiger partial charge in [-0.15, -0.1) is 0 Å². The molecular weight excluding hydrogens is 446 g/mol. The molecular formula is C26H29N5O4. The number of imidazole rings is 1. The summed E-state index contributed by atoms with van der Waals surface area (Å²) in [6, 6.07) is 11.3. The first-order valence-corrected chi connectivity index (χ1v) is 11.5. The van der Waals surface area contributed by atoms with E-state index >= 15 is 0 Å². The SMILES string of the molecule is CCN(C)C(=O)C(O)C#Cc1cccc(-c2nc(C(N)=O)n3ccc(CN4CCOCC4)cc23)c1. The van der Waals surface area contributed by atoms with Crippen LogP contribution in [0.4, 0.5) is 0 Å². The highest BCUT2D eigenvalue weighted by molar-refractivity contribution is 5.93. The van der Waals surface area contributed by atoms with Crippen LogP contribution >= 0.6 is 0 Å². The number of nitrogens with two attached hydrogens (primary N) is 1. The molecule has 0 spiro atoms. The standard InChI is InChI=1S/C26H29N5O4/c1-3-29(2)26(34)22(32)8-7-18-5-4-6-20(15-18)23-21-16-19(17-30-11-13-35-14-12-30)9-10-31(21)25(28-23)24(27)33/h4-6,9-10,15-16,22,32H,3,11-14,17H2,1-2H3,(H2,27,33). The summed E-state index contributed by atoms with van der Waals surface area (Å²) in [5.74, 6) is 4.55. The Labute approximate surface area is 204 Å². The molecule has 0 saturated carbocycles. The minimum absolute atomic E-state index is 0.146. The number of aliphatic hydroxyl groups excluding tert-OH is 1. The van der Waals surface area contributed by atoms with Gasteiger partial charge in [0.05, 0.1) is 24.4 Å². The molecule has 1 saturated heterocycles. The number of nitrogens with zero attached hydrogens (tertiary/aromatic N) is 4. The number of primary amides is 1. The zero-order valence-electron chi connectivity index (χ0n) is 19.9. The highest BCUT2D eigenvalue weighted by atomic mass is 16.5. The van der Waals surface area contributed by atoms with Crippen LogP contribution in [0.5, 0.6) is 0 Å². The number of carbonyl (C=O) groups excluding carboxylic acids is 2. The topological polar surface area (TPSA) is 113 Å². The Balaban J connectivity index is 1.68. The van der Waals surface area contributed by atoms with Gasteiger partial charge in [-0.25, -0.2) is 4.98 Å². The van der Waals surface area contributed by atoms with Crippen LogP contribution in [0.2, 0.25) is 0 Å². The number of likely N-dealkylation sites (N-methyl/N-ethyl adjacent to an activating group) is 1. The third kappa shape index (κ3) is 5.52. The Morgan fingerprint density at radius 1 is 1.26 bits per heavy atom. The molecule has 1 unspecified atom stereocenters. The molecule has 0 radical (unpaired) electrons. The number of aliphatic hydroxyl groups is 1. The summed E-state index contributed by atoms with van der Waals surface area (Å²) in [5, 5.41) is 10.1. The van der Waals surface area contributed by atoms with Gasteiger partial charge in [0.15, 0.2) is 6.10 Å². The van der Waals surface area contributed by atoms with Crippen LogP contribution in [0.3, 0.4) is 0 Å². The number of morpholine rings is 1. The lowest BCUT2D eigenvalue weighted by molar-refractivity contribution is -0.135. The Morgan fingerprint density at radius 2 is 2.03 bits per heavy atom. The van der Waals surface area contributed by atoms with Crippen LogP contribution < -0.4 is 5.73 Å². The van der Waals surface area contributed by atoms with Crippen molar-refractivity contribution in [1.82, 2.24) is 19.2 Å². The molecule has 1 aliphatic heterocycles. The molecule has 0 bridgehead atoms. The quantitative estimate of drug-likeness (QED) is 0.517. The van der Waals surface area contributed by atoms with Crippen molar-refractivity contribution in [2.45, 2.75) is 19.6 Å². The van der Waals surface area contributed by atoms with E-state index in [2.05, 4.69) is 21.7 Å². The Kier molecular flexibility index (Phi) is 7.46. The van der Waals surface area contributed by atoms with Gasteiger partial charge in [-0.1, -0.05) is 24.0 Å². The van der Waals surface area contributed by atoms with Crippen molar-refractivity contribution in [2.24, 2.45) is 5.73 Å². The number of carbonyl (C=O) groups is 2. The first-order chi connectivity index (χ1) is 16.9. The van der Waals surface area contributed by atoms with E-state index in [9.17, 15) is 14.7 Å². The van der Waals surface area contributed by atoms with Crippen molar-refractivity contribution in [3.05, 3.63) is 59.5 Å². The summed E-state index contributed by atoms with van der Waals surface area (Å²) >= 11 is 0. The largest absolute Gasteiger partial charge is 0.379 e. The predicted octanol–water partition coefficient (Wildman–Crippen LogP) is 1.12. The van der Waals surface area contributed by atoms with Crippen LogP contribution in [-0.4, -0.2) is 82.1 Å². The van der Waals surface area contributed by atoms with Crippen molar-refractivity contribution >= 4 is 17.3 Å². The van der Waals surface area contributed by atoms with Gasteiger partial charge in [0.1, 0.15) is 0 Å². The minimum atomic E-state index is -1.40. The summed E-state index contributed by atoms with van der Waals surface area (Å²) in [6.07, 6.45) is 0.415. The average Bonchev–Trinajstić information content (AvgIpc) is 3.26. The lowest BCUT2D eigenvalue weighted by Crippen LogP contribution is -2.35. The third-order valence-corrected chi connectivity index (χ3v) is 6.01. The van der Waals surface area contributed by atoms with E-state index in [1.54, 1.807) is 17.5 Å². The minimum Gasteiger partial charge on any atom is -0.379 e. The maximum atomic E-state index is 12.1. The van der Waals surface area contributed by atoms with E-state index in [0.29, 0.717) is 17.8 Å². The Morgan fingerprint density at radius 3 is 2.74 bits per heavy atom. The molecule has 35 heavy (non-hydrogen) atoms. The van der Waals surface area contributed by atoms with Crippen molar-refractivity contribution in [3.8, 4) is 23.1 Å². The van der Waals surface area contributed by atoms with Gasteiger partial charge >= 0.3 is 0 Å². The number of pyridine rings is 1. The molecule has 1 aromatic carbocycles. The number of rotatable bonds is 6. The van der Waals surface area contributed by atoms with Crippen LogP contribution in [0.1, 0.15) is 28.7 Å². The fourth-order valence-corrected chi connectivity index (χ4v) is 3.95. The Bertz CT molecular complexity index is 1300. The van der Waals surface area contributed by atoms with Gasteiger partial charge in [0.2, 0.25) is 5.82 Å². The summed E-state index contributed by atoms with van der Waals surface area (Å²) in [5.41, 5.74) is 9.42. The number of amides is 2. The zero-order valence-corrected chi connectivity index (χ0v) is 19.9. The third-order valence-electron chi connectivity index (χ3n) is 6.01. The van der Waals surface area contributed by atoms with Gasteiger partial charge in [-0.3, -0.25) is 18.9 Å². The number of hydrogen-bond acceptors (Lipinski definition) is 6. The number of ether oxygens (including phenoxy) is 1. The number of fused-ring (bicyclic) bond motifs is 1. The van der Waals surface area contributed by atoms with Gasteiger partial charge < -0.3 is 20.5 Å². The lowest BCUT2D eigenvalue weighted by atomic mass is 10.1. The summed E-state index contributed by atoms with van der Waals surface area (Å²) < 4.78 is 7.13. The maximum absolute atomic E-state index is 12.1. The van der Waals surface area contributed by atoms with Crippen molar-refractivity contribution < 1.29 is 19.4 Å². The number of hydrogen-bond donors (Lipinski definition) is 2. The molecule has 3 heterocycles. The predicted molar refractivity (Wildman–Crippen MR) is 131 cm³/mol. The van der Waals surface area contributed by atoms with Crippen LogP contribution in [0, 0.1) is 11.8 Å². The molecule has 182 valence electrons. The molecule has 3 aromatic rings. The molecule has 0 aliphatic carbocycles. The second-order valence-electron chi connectivity index (χ2n) is 8.43. The second-order valence-corrected chi connectivity index (χ2v) is 8.43. The summed E-state index contributed by atoms with van der Waals surface area (Å²) in [6.45, 7) is 6.24. The molecule has 1 fully saturated rings. The number of benzene rings is 1. The fourth-order valence-electron chi connectivity index (χ4n) is 3.95. The Hall–Kier alpha value is -3.71. The summed E-state index contributed by atoms with van der Waals surface area (Å²) in [7, 11) is 1.61. The van der Waals surface area contributed by atoms with E-state index in [1.165, 1.54) is 4.90 Å². The van der Waals surface area contributed by atoms with Crippen LogP contribution in [-0.2, 0) is 16.1 Å². The maximum Gasteiger partial charge on any atom is 0.285 e. The fraction of sp³-hybridized carbons (Fsp3) is 0.346. The molecule has 1 atom stereocenters. The van der Waals surface area contributed by atoms with E-state index in [1.807, 2.05) is 43.5 Å². The van der Waals surface area contributed by atoms with Crippen LogP contribution in [0.25, 0.3) is 16.8 Å². The highest BCUT2D eigenvalue weighted by Crippen LogP contribution is 2.27. The zero-order chi connectivity index (χ0) is 24.9. The molecule has 3 N–H and O–H groups in total.